The summed E-state index contributed by atoms with van der Waals surface area (Å²) < 4.78 is 0. The molecular weight excluding hydrogens is 556 g/mol. The SMILES string of the molecule is CCCCCc1cc(C(=C(C=C=[N+]=[N-])CCCC)c2cc(CCC)c(CCC)c(CCC)c2)cc(CCCCC)c1CCCCC. The van der Waals surface area contributed by atoms with E-state index in [0.29, 0.717) is 0 Å². The summed E-state index contributed by atoms with van der Waals surface area (Å²) in [7, 11) is 0. The summed E-state index contributed by atoms with van der Waals surface area (Å²) in [6, 6.07) is 10.2. The van der Waals surface area contributed by atoms with Gasteiger partial charge in [-0.25, -0.2) is 0 Å². The highest BCUT2D eigenvalue weighted by molar-refractivity contribution is 5.86. The van der Waals surface area contributed by atoms with E-state index < -0.39 is 0 Å². The fraction of sp³-hybridized carbons (Fsp3) is 0.636. The van der Waals surface area contributed by atoms with E-state index in [9.17, 15) is 5.53 Å². The average Bonchev–Trinajstić information content (AvgIpc) is 3.05. The molecule has 0 spiro atoms. The molecule has 0 saturated carbocycles. The molecule has 0 radical (unpaired) electrons. The van der Waals surface area contributed by atoms with Crippen LogP contribution in [0.4, 0.5) is 0 Å². The predicted molar refractivity (Wildman–Crippen MR) is 203 cm³/mol. The van der Waals surface area contributed by atoms with Crippen LogP contribution in [0.15, 0.2) is 35.9 Å². The number of hydrogen-bond acceptors (Lipinski definition) is 0. The van der Waals surface area contributed by atoms with Crippen molar-refractivity contribution in [3.63, 3.8) is 0 Å². The fourth-order valence-corrected chi connectivity index (χ4v) is 7.17. The first-order valence-corrected chi connectivity index (χ1v) is 19.5. The second kappa shape index (κ2) is 23.6. The molecule has 0 N–H and O–H groups in total. The normalized spacial score (nSPS) is 11.7. The fourth-order valence-electron chi connectivity index (χ4n) is 7.17. The van der Waals surface area contributed by atoms with Gasteiger partial charge in [-0.15, -0.1) is 4.79 Å². The lowest BCUT2D eigenvalue weighted by atomic mass is 9.81. The standard InChI is InChI=1S/C44H68N2/c1-8-15-19-26-38-33-41(34-39(27-20-16-9-2)43(38)28-21-17-10-3)44(35(25-18-11-4)29-30-46-45)40-31-36(22-12-5)42(24-14-7)37(32-40)23-13-6/h29,31-34H,8-28H2,1-7H3. The topological polar surface area (TPSA) is 36.4 Å². The number of unbranched alkanes of at least 4 members (excludes halogenated alkanes) is 7. The summed E-state index contributed by atoms with van der Waals surface area (Å²) in [6.45, 7) is 16.2. The molecule has 0 bridgehead atoms. The zero-order valence-electron chi connectivity index (χ0n) is 31.1. The number of aryl methyl sites for hydroxylation is 4. The van der Waals surface area contributed by atoms with E-state index >= 15 is 0 Å². The van der Waals surface area contributed by atoms with E-state index in [4.69, 9.17) is 0 Å². The highest BCUT2D eigenvalue weighted by Gasteiger charge is 2.20. The van der Waals surface area contributed by atoms with Gasteiger partial charge in [-0.2, -0.15) is 0 Å². The Morgan fingerprint density at radius 1 is 0.522 bits per heavy atom. The van der Waals surface area contributed by atoms with Gasteiger partial charge in [0, 0.05) is 0 Å². The summed E-state index contributed by atoms with van der Waals surface area (Å²) in [5, 5.41) is 0. The van der Waals surface area contributed by atoms with Crippen LogP contribution in [0.5, 0.6) is 0 Å². The maximum atomic E-state index is 9.52. The third-order valence-electron chi connectivity index (χ3n) is 9.53. The van der Waals surface area contributed by atoms with Crippen LogP contribution in [0.3, 0.4) is 0 Å². The van der Waals surface area contributed by atoms with Crippen molar-refractivity contribution in [2.45, 2.75) is 183 Å². The third kappa shape index (κ3) is 12.5. The molecule has 2 aromatic rings. The van der Waals surface area contributed by atoms with Crippen LogP contribution in [0.1, 0.15) is 189 Å². The van der Waals surface area contributed by atoms with Gasteiger partial charge in [0.05, 0.1) is 6.08 Å². The Bertz CT molecular complexity index is 1220. The maximum Gasteiger partial charge on any atom is 0.299 e. The van der Waals surface area contributed by atoms with Crippen molar-refractivity contribution in [2.75, 3.05) is 0 Å². The summed E-state index contributed by atoms with van der Waals surface area (Å²) in [6.07, 6.45) is 26.9. The van der Waals surface area contributed by atoms with Gasteiger partial charge in [0.15, 0.2) is 0 Å². The van der Waals surface area contributed by atoms with Gasteiger partial charge in [0.25, 0.3) is 5.87 Å². The van der Waals surface area contributed by atoms with Crippen LogP contribution in [-0.4, -0.2) is 10.7 Å². The molecule has 0 aromatic heterocycles. The van der Waals surface area contributed by atoms with Crippen LogP contribution >= 0.6 is 0 Å². The third-order valence-corrected chi connectivity index (χ3v) is 9.53. The second-order valence-corrected chi connectivity index (χ2v) is 13.5. The molecule has 0 heterocycles. The Morgan fingerprint density at radius 3 is 1.35 bits per heavy atom. The van der Waals surface area contributed by atoms with Gasteiger partial charge >= 0.3 is 0 Å². The van der Waals surface area contributed by atoms with E-state index in [0.717, 1.165) is 64.2 Å². The highest BCUT2D eigenvalue weighted by atomic mass is 14.8. The number of allylic oxidation sites excluding steroid dienone is 2. The first kappa shape index (κ1) is 39.5. The molecule has 0 aliphatic carbocycles. The average molecular weight is 625 g/mol. The van der Waals surface area contributed by atoms with E-state index in [1.54, 1.807) is 22.3 Å². The number of nitrogens with zero attached hydrogens (tertiary/aromatic N) is 2. The van der Waals surface area contributed by atoms with Crippen molar-refractivity contribution in [1.82, 2.24) is 0 Å². The summed E-state index contributed by atoms with van der Waals surface area (Å²) >= 11 is 0. The van der Waals surface area contributed by atoms with Crippen LogP contribution in [0, 0.1) is 0 Å². The second-order valence-electron chi connectivity index (χ2n) is 13.5. The Balaban J connectivity index is 3.05. The summed E-state index contributed by atoms with van der Waals surface area (Å²) in [4.78, 5) is 3.34. The Hall–Kier alpha value is -2.66. The molecule has 0 unspecified atom stereocenters. The number of rotatable bonds is 24. The van der Waals surface area contributed by atoms with E-state index in [-0.39, 0.29) is 0 Å². The first-order chi connectivity index (χ1) is 22.5. The van der Waals surface area contributed by atoms with Gasteiger partial charge in [0.2, 0.25) is 0 Å². The van der Waals surface area contributed by atoms with Crippen molar-refractivity contribution in [2.24, 2.45) is 0 Å². The monoisotopic (exact) mass is 625 g/mol. The molecule has 0 saturated heterocycles. The molecule has 0 atom stereocenters. The van der Waals surface area contributed by atoms with E-state index in [2.05, 4.69) is 83.4 Å². The smallest absolute Gasteiger partial charge is 0.299 e. The van der Waals surface area contributed by atoms with Gasteiger partial charge < -0.3 is 5.53 Å². The maximum absolute atomic E-state index is 9.52. The minimum atomic E-state index is 0.950. The summed E-state index contributed by atoms with van der Waals surface area (Å²) in [5.74, 6) is 2.84. The molecule has 254 valence electrons. The van der Waals surface area contributed by atoms with Crippen molar-refractivity contribution in [1.29, 1.82) is 0 Å². The Kier molecular flexibility index (Phi) is 20.3. The highest BCUT2D eigenvalue weighted by Crippen LogP contribution is 2.37. The molecule has 0 aliphatic rings. The van der Waals surface area contributed by atoms with E-state index in [1.807, 2.05) is 6.08 Å². The zero-order valence-corrected chi connectivity index (χ0v) is 31.1. The summed E-state index contributed by atoms with van der Waals surface area (Å²) in [5.41, 5.74) is 24.2. The largest absolute Gasteiger partial charge is 0.348 e. The van der Waals surface area contributed by atoms with Gasteiger partial charge in [-0.05, 0) is 126 Å². The van der Waals surface area contributed by atoms with Crippen LogP contribution in [-0.2, 0) is 38.5 Å². The van der Waals surface area contributed by atoms with Crippen molar-refractivity contribution in [3.05, 3.63) is 86.0 Å². The Morgan fingerprint density at radius 2 is 0.935 bits per heavy atom. The van der Waals surface area contributed by atoms with Crippen LogP contribution in [0.2, 0.25) is 0 Å². The minimum Gasteiger partial charge on any atom is -0.348 e. The van der Waals surface area contributed by atoms with Gasteiger partial charge in [-0.1, -0.05) is 137 Å². The molecule has 0 aliphatic heterocycles. The van der Waals surface area contributed by atoms with Crippen molar-refractivity contribution < 1.29 is 4.79 Å². The first-order valence-electron chi connectivity index (χ1n) is 19.5. The molecule has 0 amide bonds. The number of benzene rings is 2. The molecule has 2 nitrogen and oxygen atoms in total. The predicted octanol–water partition coefficient (Wildman–Crippen LogP) is 13.2. The quantitative estimate of drug-likeness (QED) is 0.0366. The molecule has 2 heteroatoms. The lowest BCUT2D eigenvalue weighted by Gasteiger charge is -2.23. The van der Waals surface area contributed by atoms with Gasteiger partial charge in [0.1, 0.15) is 0 Å². The molecule has 2 rings (SSSR count). The molecule has 46 heavy (non-hydrogen) atoms. The zero-order chi connectivity index (χ0) is 33.6. The molecular formula is C44H68N2. The van der Waals surface area contributed by atoms with Crippen molar-refractivity contribution >= 4 is 11.4 Å². The van der Waals surface area contributed by atoms with E-state index in [1.165, 1.54) is 104 Å². The molecule has 2 aromatic carbocycles. The van der Waals surface area contributed by atoms with Crippen LogP contribution < -0.4 is 0 Å². The molecule has 0 fully saturated rings. The van der Waals surface area contributed by atoms with Crippen LogP contribution in [0.25, 0.3) is 11.1 Å². The van der Waals surface area contributed by atoms with Crippen molar-refractivity contribution in [3.8, 4) is 0 Å². The minimum absolute atomic E-state index is 0.950. The van der Waals surface area contributed by atoms with Gasteiger partial charge in [-0.3, -0.25) is 0 Å². The lowest BCUT2D eigenvalue weighted by molar-refractivity contribution is 0.00800. The number of hydrogen-bond donors (Lipinski definition) is 0. The lowest BCUT2D eigenvalue weighted by Crippen LogP contribution is -2.07. The Labute approximate surface area is 284 Å².